The minimum absolute atomic E-state index is 0.122. The molecule has 0 aromatic carbocycles. The van der Waals surface area contributed by atoms with Crippen LogP contribution >= 0.6 is 9.39 Å². The maximum atomic E-state index is 11.4. The van der Waals surface area contributed by atoms with E-state index < -0.39 is 0 Å². The van der Waals surface area contributed by atoms with Crippen molar-refractivity contribution in [1.82, 2.24) is 9.65 Å². The van der Waals surface area contributed by atoms with Gasteiger partial charge >= 0.3 is 0 Å². The van der Waals surface area contributed by atoms with Crippen molar-refractivity contribution in [3.63, 3.8) is 0 Å². The van der Waals surface area contributed by atoms with E-state index in [1.807, 2.05) is 13.8 Å². The highest BCUT2D eigenvalue weighted by atomic mass is 31.0. The quantitative estimate of drug-likeness (QED) is 0.587. The molecule has 0 fully saturated rings. The third kappa shape index (κ3) is 3.64. The number of hydrogen-bond acceptors (Lipinski definition) is 1. The molecule has 0 spiro atoms. The number of amides is 1. The molecule has 0 bridgehead atoms. The van der Waals surface area contributed by atoms with E-state index in [1.54, 1.807) is 18.3 Å². The average molecular weight is 210 g/mol. The van der Waals surface area contributed by atoms with Crippen LogP contribution in [0.1, 0.15) is 24.3 Å². The molecule has 1 atom stereocenters. The first-order chi connectivity index (χ1) is 6.75. The van der Waals surface area contributed by atoms with Crippen molar-refractivity contribution in [2.24, 2.45) is 0 Å². The summed E-state index contributed by atoms with van der Waals surface area (Å²) in [5.74, 6) is 2.26. The second-order valence-corrected chi connectivity index (χ2v) is 2.84. The first-order valence-corrected chi connectivity index (χ1v) is 4.90. The van der Waals surface area contributed by atoms with Crippen molar-refractivity contribution in [2.75, 3.05) is 6.54 Å². The Bertz CT molecular complexity index is 300. The molecule has 0 radical (unpaired) electrons. The van der Waals surface area contributed by atoms with E-state index in [9.17, 15) is 4.79 Å². The van der Waals surface area contributed by atoms with Crippen LogP contribution in [0.5, 0.6) is 0 Å². The van der Waals surface area contributed by atoms with Gasteiger partial charge in [0.2, 0.25) is 0 Å². The maximum Gasteiger partial charge on any atom is 0.273 e. The van der Waals surface area contributed by atoms with E-state index in [0.29, 0.717) is 12.2 Å². The number of aromatic amines is 1. The van der Waals surface area contributed by atoms with Gasteiger partial charge in [-0.1, -0.05) is 19.8 Å². The molecule has 1 aromatic rings. The molecule has 1 N–H and O–H groups in total. The van der Waals surface area contributed by atoms with Crippen LogP contribution in [0, 0.1) is 12.3 Å². The van der Waals surface area contributed by atoms with Crippen LogP contribution < -0.4 is 0 Å². The Morgan fingerprint density at radius 3 is 2.79 bits per heavy atom. The molecule has 1 aromatic heterocycles. The number of carbonyl (C=O) groups is 1. The predicted molar refractivity (Wildman–Crippen MR) is 61.7 cm³/mol. The van der Waals surface area contributed by atoms with Gasteiger partial charge in [-0.05, 0) is 21.5 Å². The summed E-state index contributed by atoms with van der Waals surface area (Å²) >= 11 is 0. The van der Waals surface area contributed by atoms with Gasteiger partial charge in [0.1, 0.15) is 5.69 Å². The molecule has 0 aliphatic carbocycles. The minimum atomic E-state index is -0.122. The highest BCUT2D eigenvalue weighted by molar-refractivity contribution is 7.14. The zero-order valence-electron chi connectivity index (χ0n) is 8.45. The van der Waals surface area contributed by atoms with Crippen molar-refractivity contribution in [1.29, 1.82) is 0 Å². The molecular formula is C10H15N2OP. The van der Waals surface area contributed by atoms with Crippen LogP contribution in [0.3, 0.4) is 0 Å². The van der Waals surface area contributed by atoms with Crippen LogP contribution in [0.4, 0.5) is 0 Å². The van der Waals surface area contributed by atoms with Gasteiger partial charge in [-0.25, -0.2) is 0 Å². The zero-order chi connectivity index (χ0) is 11.0. The second-order valence-electron chi connectivity index (χ2n) is 2.22. The normalized spacial score (nSPS) is 8.14. The lowest BCUT2D eigenvalue weighted by atomic mass is 10.4. The summed E-state index contributed by atoms with van der Waals surface area (Å²) in [6, 6.07) is 3.47. The molecule has 4 heteroatoms. The highest BCUT2D eigenvalue weighted by Gasteiger charge is 2.10. The first kappa shape index (κ1) is 12.7. The Morgan fingerprint density at radius 1 is 1.71 bits per heavy atom. The maximum absolute atomic E-state index is 11.4. The van der Waals surface area contributed by atoms with E-state index >= 15 is 0 Å². The summed E-state index contributed by atoms with van der Waals surface area (Å²) in [6.45, 7) is 4.29. The molecular weight excluding hydrogens is 195 g/mol. The summed E-state index contributed by atoms with van der Waals surface area (Å²) in [4.78, 5) is 14.2. The minimum Gasteiger partial charge on any atom is -0.357 e. The van der Waals surface area contributed by atoms with Crippen LogP contribution in [-0.4, -0.2) is 22.1 Å². The fourth-order valence-electron chi connectivity index (χ4n) is 0.788. The van der Waals surface area contributed by atoms with Crippen molar-refractivity contribution < 1.29 is 4.79 Å². The van der Waals surface area contributed by atoms with E-state index in [0.717, 1.165) is 0 Å². The monoisotopic (exact) mass is 210 g/mol. The van der Waals surface area contributed by atoms with Crippen LogP contribution in [0.15, 0.2) is 18.3 Å². The van der Waals surface area contributed by atoms with Gasteiger partial charge < -0.3 is 9.65 Å². The van der Waals surface area contributed by atoms with Crippen LogP contribution in [0.25, 0.3) is 0 Å². The molecule has 0 saturated heterocycles. The summed E-state index contributed by atoms with van der Waals surface area (Å²) < 4.78 is 1.39. The predicted octanol–water partition coefficient (Wildman–Crippen LogP) is 1.91. The van der Waals surface area contributed by atoms with Crippen LogP contribution in [-0.2, 0) is 0 Å². The van der Waals surface area contributed by atoms with Crippen molar-refractivity contribution >= 4 is 15.3 Å². The van der Waals surface area contributed by atoms with Gasteiger partial charge in [0, 0.05) is 6.20 Å². The van der Waals surface area contributed by atoms with Crippen molar-refractivity contribution in [3.05, 3.63) is 24.0 Å². The number of carbonyl (C=O) groups excluding carboxylic acids is 1. The fraction of sp³-hybridized carbons (Fsp3) is 0.300. The summed E-state index contributed by atoms with van der Waals surface area (Å²) in [6.07, 6.45) is 6.75. The smallest absolute Gasteiger partial charge is 0.273 e. The summed E-state index contributed by atoms with van der Waals surface area (Å²) in [7, 11) is 2.28. The Labute approximate surface area is 87.1 Å². The summed E-state index contributed by atoms with van der Waals surface area (Å²) in [5, 5.41) is 0. The highest BCUT2D eigenvalue weighted by Crippen LogP contribution is 2.05. The van der Waals surface area contributed by atoms with Gasteiger partial charge in [0.15, 0.2) is 0 Å². The molecule has 14 heavy (non-hydrogen) atoms. The van der Waals surface area contributed by atoms with Gasteiger partial charge in [-0.15, -0.1) is 6.42 Å². The molecule has 3 nitrogen and oxygen atoms in total. The number of aromatic nitrogens is 1. The average Bonchev–Trinajstić information content (AvgIpc) is 2.73. The molecule has 1 heterocycles. The molecule has 76 valence electrons. The van der Waals surface area contributed by atoms with E-state index in [4.69, 9.17) is 6.42 Å². The third-order valence-corrected chi connectivity index (χ3v) is 1.77. The van der Waals surface area contributed by atoms with Crippen LogP contribution in [0.2, 0.25) is 0 Å². The standard InChI is InChI=1S/C8H9N2OP.C2H6/c1-2-6-10(12)8(11)7-4-3-5-9-7;1-2/h1,3-5,9H,6,12H2;1-2H3. The van der Waals surface area contributed by atoms with E-state index in [1.165, 1.54) is 4.67 Å². The Kier molecular flexibility index (Phi) is 6.53. The largest absolute Gasteiger partial charge is 0.357 e. The topological polar surface area (TPSA) is 36.1 Å². The Hall–Kier alpha value is -1.26. The third-order valence-electron chi connectivity index (χ3n) is 1.35. The van der Waals surface area contributed by atoms with E-state index in [-0.39, 0.29) is 5.91 Å². The number of nitrogens with zero attached hydrogens (tertiary/aromatic N) is 1. The van der Waals surface area contributed by atoms with Gasteiger partial charge in [-0.2, -0.15) is 0 Å². The first-order valence-electron chi connectivity index (χ1n) is 4.39. The molecule has 1 amide bonds. The Balaban J connectivity index is 0.000000791. The number of terminal acetylenes is 1. The zero-order valence-corrected chi connectivity index (χ0v) is 9.60. The molecule has 1 unspecified atom stereocenters. The number of H-pyrrole nitrogens is 1. The fourth-order valence-corrected chi connectivity index (χ4v) is 1.03. The molecule has 1 rings (SSSR count). The molecule has 0 aliphatic heterocycles. The van der Waals surface area contributed by atoms with Gasteiger partial charge in [-0.3, -0.25) is 4.79 Å². The lowest BCUT2D eigenvalue weighted by Gasteiger charge is -2.11. The Morgan fingerprint density at radius 2 is 2.36 bits per heavy atom. The van der Waals surface area contributed by atoms with Gasteiger partial charge in [0.25, 0.3) is 5.91 Å². The summed E-state index contributed by atoms with van der Waals surface area (Å²) in [5.41, 5.74) is 0.542. The number of rotatable bonds is 2. The van der Waals surface area contributed by atoms with Gasteiger partial charge in [0.05, 0.1) is 6.54 Å². The lowest BCUT2D eigenvalue weighted by molar-refractivity contribution is 0.0877. The SMILES string of the molecule is C#CCN(P)C(=O)c1ccc[nH]1.CC. The van der Waals surface area contributed by atoms with E-state index in [2.05, 4.69) is 20.3 Å². The number of hydrogen-bond donors (Lipinski definition) is 1. The number of nitrogens with one attached hydrogen (secondary N) is 1. The van der Waals surface area contributed by atoms with Crippen molar-refractivity contribution in [3.8, 4) is 12.3 Å². The van der Waals surface area contributed by atoms with Crippen molar-refractivity contribution in [2.45, 2.75) is 13.8 Å². The molecule has 0 aliphatic rings. The molecule has 0 saturated carbocycles. The lowest BCUT2D eigenvalue weighted by Crippen LogP contribution is -2.21. The second kappa shape index (κ2) is 7.17.